The van der Waals surface area contributed by atoms with E-state index in [1.807, 2.05) is 30.3 Å². The van der Waals surface area contributed by atoms with Crippen molar-refractivity contribution in [3.63, 3.8) is 0 Å². The van der Waals surface area contributed by atoms with Gasteiger partial charge in [-0.1, -0.05) is 67.8 Å². The number of pyridine rings is 1. The molecule has 0 spiro atoms. The van der Waals surface area contributed by atoms with Crippen LogP contribution in [-0.4, -0.2) is 21.3 Å². The molecule has 0 saturated heterocycles. The molecule has 2 aromatic carbocycles. The molecule has 1 atom stereocenters. The molecule has 3 aromatic rings. The summed E-state index contributed by atoms with van der Waals surface area (Å²) in [4.78, 5) is 40.5. The van der Waals surface area contributed by atoms with Crippen LogP contribution in [0.25, 0.3) is 10.9 Å². The van der Waals surface area contributed by atoms with E-state index in [1.54, 1.807) is 37.4 Å². The third-order valence-corrected chi connectivity index (χ3v) is 5.86. The Morgan fingerprint density at radius 2 is 1.58 bits per heavy atom. The highest BCUT2D eigenvalue weighted by molar-refractivity contribution is 5.96. The standard InChI is InChI=1S/C27H32N3O3/c1-20(31)9-5-3-2-4-6-13-25(32)21-14-16-23(17-15-21)27(28)30(33)19-24-11-7-10-22-12-8-18-29-26(22)24/h7-8,10-12,14-18,27H,2-6,9,13,19,28H2,1H3/q+1. The number of benzene rings is 2. The molecule has 0 radical (unpaired) electrons. The summed E-state index contributed by atoms with van der Waals surface area (Å²) in [6.07, 6.45) is 6.86. The fourth-order valence-electron chi connectivity index (χ4n) is 3.93. The Hall–Kier alpha value is -3.25. The Balaban J connectivity index is 1.50. The van der Waals surface area contributed by atoms with Gasteiger partial charge in [0.15, 0.2) is 5.78 Å². The minimum absolute atomic E-state index is 0.0969. The molecule has 6 nitrogen and oxygen atoms in total. The Kier molecular flexibility index (Phi) is 8.95. The maximum absolute atomic E-state index is 12.7. The van der Waals surface area contributed by atoms with E-state index in [0.29, 0.717) is 24.0 Å². The Morgan fingerprint density at radius 3 is 2.30 bits per heavy atom. The first-order valence-electron chi connectivity index (χ1n) is 11.6. The van der Waals surface area contributed by atoms with Gasteiger partial charge in [-0.05, 0) is 25.8 Å². The van der Waals surface area contributed by atoms with Crippen LogP contribution in [-0.2, 0) is 11.3 Å². The molecule has 0 saturated carbocycles. The van der Waals surface area contributed by atoms with Crippen LogP contribution < -0.4 is 5.73 Å². The lowest BCUT2D eigenvalue weighted by Gasteiger charge is -2.08. The molecule has 0 fully saturated rings. The SMILES string of the molecule is CC(=O)CCCCCCCC(=O)c1ccc(C(N)[N+](=O)Cc2cccc3cccnc23)cc1. The van der Waals surface area contributed by atoms with Gasteiger partial charge in [0, 0.05) is 50.8 Å². The summed E-state index contributed by atoms with van der Waals surface area (Å²) in [5, 5.41) is 0.982. The lowest BCUT2D eigenvalue weighted by Crippen LogP contribution is -2.24. The largest absolute Gasteiger partial charge is 0.300 e. The highest BCUT2D eigenvalue weighted by Gasteiger charge is 2.24. The molecule has 172 valence electrons. The van der Waals surface area contributed by atoms with Gasteiger partial charge in [0.25, 0.3) is 6.17 Å². The van der Waals surface area contributed by atoms with Crippen molar-refractivity contribution < 1.29 is 14.3 Å². The Bertz CT molecular complexity index is 1100. The fourth-order valence-corrected chi connectivity index (χ4v) is 3.93. The van der Waals surface area contributed by atoms with Crippen molar-refractivity contribution in [3.05, 3.63) is 82.4 Å². The molecule has 1 heterocycles. The molecule has 0 bridgehead atoms. The first-order chi connectivity index (χ1) is 16.0. The molecule has 2 N–H and O–H groups in total. The van der Waals surface area contributed by atoms with E-state index in [0.717, 1.165) is 53.3 Å². The summed E-state index contributed by atoms with van der Waals surface area (Å²) < 4.78 is 0.840. The van der Waals surface area contributed by atoms with Crippen LogP contribution in [0, 0.1) is 4.91 Å². The molecule has 0 amide bonds. The van der Waals surface area contributed by atoms with E-state index in [-0.39, 0.29) is 18.1 Å². The number of aromatic nitrogens is 1. The van der Waals surface area contributed by atoms with Crippen molar-refractivity contribution in [2.45, 2.75) is 64.6 Å². The molecule has 0 aliphatic carbocycles. The van der Waals surface area contributed by atoms with E-state index in [2.05, 4.69) is 4.98 Å². The Labute approximate surface area is 194 Å². The van der Waals surface area contributed by atoms with Crippen molar-refractivity contribution in [2.24, 2.45) is 5.73 Å². The number of rotatable bonds is 13. The van der Waals surface area contributed by atoms with Gasteiger partial charge in [-0.15, -0.1) is 0 Å². The predicted octanol–water partition coefficient (Wildman–Crippen LogP) is 5.67. The van der Waals surface area contributed by atoms with E-state index < -0.39 is 6.17 Å². The van der Waals surface area contributed by atoms with Gasteiger partial charge < -0.3 is 4.79 Å². The average molecular weight is 447 g/mol. The van der Waals surface area contributed by atoms with E-state index >= 15 is 0 Å². The summed E-state index contributed by atoms with van der Waals surface area (Å²) in [5.74, 6) is 0.332. The van der Waals surface area contributed by atoms with Crippen LogP contribution in [0.4, 0.5) is 0 Å². The predicted molar refractivity (Wildman–Crippen MR) is 130 cm³/mol. The number of Topliss-reactive ketones (excluding diaryl/α,β-unsaturated/α-hetero) is 2. The third-order valence-electron chi connectivity index (χ3n) is 5.86. The van der Waals surface area contributed by atoms with Crippen LogP contribution in [0.5, 0.6) is 0 Å². The van der Waals surface area contributed by atoms with Gasteiger partial charge in [-0.2, -0.15) is 0 Å². The molecule has 1 unspecified atom stereocenters. The lowest BCUT2D eigenvalue weighted by molar-refractivity contribution is -0.606. The first-order valence-corrected chi connectivity index (χ1v) is 11.6. The fraction of sp³-hybridized carbons (Fsp3) is 0.370. The topological polar surface area (TPSA) is 93.1 Å². The van der Waals surface area contributed by atoms with Gasteiger partial charge in [0.05, 0.1) is 5.52 Å². The van der Waals surface area contributed by atoms with Gasteiger partial charge in [-0.25, -0.2) is 0 Å². The van der Waals surface area contributed by atoms with Crippen LogP contribution in [0.2, 0.25) is 0 Å². The number of para-hydroxylation sites is 1. The van der Waals surface area contributed by atoms with Crippen LogP contribution in [0.15, 0.2) is 60.8 Å². The molecule has 0 aliphatic rings. The van der Waals surface area contributed by atoms with Crippen molar-refractivity contribution in [3.8, 4) is 0 Å². The van der Waals surface area contributed by atoms with Crippen molar-refractivity contribution in [1.29, 1.82) is 0 Å². The smallest absolute Gasteiger partial charge is 0.278 e. The normalized spacial score (nSPS) is 11.9. The zero-order valence-corrected chi connectivity index (χ0v) is 19.2. The molecular weight excluding hydrogens is 414 g/mol. The minimum Gasteiger partial charge on any atom is -0.300 e. The average Bonchev–Trinajstić information content (AvgIpc) is 2.83. The molecular formula is C27H32N3O3+. The van der Waals surface area contributed by atoms with E-state index in [1.165, 1.54) is 0 Å². The van der Waals surface area contributed by atoms with Crippen molar-refractivity contribution in [2.75, 3.05) is 0 Å². The number of nitrogens with zero attached hydrogens (tertiary/aromatic N) is 2. The number of fused-ring (bicyclic) bond motifs is 1. The van der Waals surface area contributed by atoms with Gasteiger partial charge in [-0.3, -0.25) is 15.5 Å². The highest BCUT2D eigenvalue weighted by Crippen LogP contribution is 2.20. The minimum atomic E-state index is -0.830. The molecule has 1 aromatic heterocycles. The number of nitroso groups, excluding NO2 is 1. The summed E-state index contributed by atoms with van der Waals surface area (Å²) in [7, 11) is 0. The maximum atomic E-state index is 12.7. The molecule has 6 heteroatoms. The molecule has 3 rings (SSSR count). The third kappa shape index (κ3) is 7.12. The van der Waals surface area contributed by atoms with Gasteiger partial charge in [0.2, 0.25) is 6.54 Å². The summed E-state index contributed by atoms with van der Waals surface area (Å²) in [5.41, 5.74) is 9.13. The lowest BCUT2D eigenvalue weighted by atomic mass is 10.0. The van der Waals surface area contributed by atoms with Gasteiger partial charge in [0.1, 0.15) is 5.78 Å². The first kappa shape index (κ1) is 24.4. The summed E-state index contributed by atoms with van der Waals surface area (Å²) in [6.45, 7) is 1.75. The monoisotopic (exact) mass is 446 g/mol. The van der Waals surface area contributed by atoms with Crippen LogP contribution in [0.3, 0.4) is 0 Å². The van der Waals surface area contributed by atoms with Crippen LogP contribution in [0.1, 0.15) is 79.5 Å². The number of unbranched alkanes of at least 4 members (excludes halogenated alkanes) is 4. The maximum Gasteiger partial charge on any atom is 0.278 e. The number of ketones is 2. The van der Waals surface area contributed by atoms with Crippen LogP contribution >= 0.6 is 0 Å². The van der Waals surface area contributed by atoms with E-state index in [4.69, 9.17) is 5.73 Å². The second-order valence-corrected chi connectivity index (χ2v) is 8.53. The Morgan fingerprint density at radius 1 is 0.909 bits per heavy atom. The zero-order valence-electron chi connectivity index (χ0n) is 19.2. The quantitative estimate of drug-likeness (QED) is 0.158. The van der Waals surface area contributed by atoms with E-state index in [9.17, 15) is 14.5 Å². The highest BCUT2D eigenvalue weighted by atomic mass is 16.3. The van der Waals surface area contributed by atoms with Crippen molar-refractivity contribution in [1.82, 2.24) is 4.98 Å². The number of carbonyl (C=O) groups excluding carboxylic acids is 2. The molecule has 33 heavy (non-hydrogen) atoms. The summed E-state index contributed by atoms with van der Waals surface area (Å²) >= 11 is 0. The number of hydrogen-bond acceptors (Lipinski definition) is 5. The number of carbonyl (C=O) groups is 2. The summed E-state index contributed by atoms with van der Waals surface area (Å²) in [6, 6.07) is 16.6. The second kappa shape index (κ2) is 12.1. The van der Waals surface area contributed by atoms with Crippen molar-refractivity contribution >= 4 is 22.5 Å². The number of hydrogen-bond donors (Lipinski definition) is 1. The second-order valence-electron chi connectivity index (χ2n) is 8.53. The van der Waals surface area contributed by atoms with Gasteiger partial charge >= 0.3 is 0 Å². The molecule has 0 aliphatic heterocycles. The zero-order chi connectivity index (χ0) is 23.6. The number of nitrogens with two attached hydrogens (primary N) is 1.